The molecule has 2 aromatic rings. The Labute approximate surface area is 166 Å². The van der Waals surface area contributed by atoms with E-state index in [4.69, 9.17) is 14.2 Å². The molecule has 1 saturated heterocycles. The average molecular weight is 389 g/mol. The smallest absolute Gasteiger partial charge is 0.161 e. The van der Waals surface area contributed by atoms with E-state index in [0.29, 0.717) is 18.1 Å². The van der Waals surface area contributed by atoms with Crippen LogP contribution < -0.4 is 9.47 Å². The topological polar surface area (TPSA) is 69.0 Å². The third-order valence-electron chi connectivity index (χ3n) is 5.30. The molecular weight excluding hydrogens is 358 g/mol. The van der Waals surface area contributed by atoms with Crippen molar-refractivity contribution in [3.63, 3.8) is 0 Å². The summed E-state index contributed by atoms with van der Waals surface area (Å²) in [5.74, 6) is 1.38. The van der Waals surface area contributed by atoms with Gasteiger partial charge in [-0.25, -0.2) is 0 Å². The third-order valence-corrected chi connectivity index (χ3v) is 5.30. The summed E-state index contributed by atoms with van der Waals surface area (Å²) in [5.41, 5.74) is 3.29. The van der Waals surface area contributed by atoms with E-state index in [9.17, 15) is 5.11 Å². The van der Waals surface area contributed by atoms with Crippen molar-refractivity contribution in [2.45, 2.75) is 39.0 Å². The Bertz CT molecular complexity index is 777. The lowest BCUT2D eigenvalue weighted by atomic mass is 9.97. The first-order valence-corrected chi connectivity index (χ1v) is 9.77. The lowest BCUT2D eigenvalue weighted by Gasteiger charge is -2.41. The molecule has 0 bridgehead atoms. The molecule has 154 valence electrons. The molecule has 1 aromatic carbocycles. The van der Waals surface area contributed by atoms with Crippen LogP contribution in [0.2, 0.25) is 0 Å². The van der Waals surface area contributed by atoms with Gasteiger partial charge in [-0.3, -0.25) is 9.58 Å². The maximum Gasteiger partial charge on any atom is 0.161 e. The molecule has 0 radical (unpaired) electrons. The van der Waals surface area contributed by atoms with E-state index in [1.54, 1.807) is 14.2 Å². The monoisotopic (exact) mass is 389 g/mol. The van der Waals surface area contributed by atoms with Gasteiger partial charge < -0.3 is 19.3 Å². The van der Waals surface area contributed by atoms with Crippen LogP contribution in [0.25, 0.3) is 0 Å². The molecule has 0 saturated carbocycles. The zero-order chi connectivity index (χ0) is 20.1. The summed E-state index contributed by atoms with van der Waals surface area (Å²) in [6, 6.07) is 7.99. The summed E-state index contributed by atoms with van der Waals surface area (Å²) in [6.45, 7) is 7.30. The standard InChI is InChI=1S/C21H31N3O4/c1-15-12-16(2)24(22-15)9-5-8-23-10-11-28-20(14-25)21(23)17-6-7-18(26-3)19(13-17)27-4/h6-7,12-13,20-21,25H,5,8-11,14H2,1-4H3/t20-,21-/m0/s1. The molecule has 28 heavy (non-hydrogen) atoms. The molecule has 3 rings (SSSR count). The van der Waals surface area contributed by atoms with Gasteiger partial charge in [0.15, 0.2) is 11.5 Å². The Kier molecular flexibility index (Phi) is 6.93. The second kappa shape index (κ2) is 9.41. The summed E-state index contributed by atoms with van der Waals surface area (Å²) in [4.78, 5) is 2.39. The van der Waals surface area contributed by atoms with Gasteiger partial charge in [0.25, 0.3) is 0 Å². The molecule has 2 atom stereocenters. The van der Waals surface area contributed by atoms with Crippen molar-refractivity contribution in [2.24, 2.45) is 0 Å². The van der Waals surface area contributed by atoms with E-state index in [2.05, 4.69) is 27.7 Å². The van der Waals surface area contributed by atoms with Crippen LogP contribution in [-0.2, 0) is 11.3 Å². The fraction of sp³-hybridized carbons (Fsp3) is 0.571. The quantitative estimate of drug-likeness (QED) is 0.747. The molecule has 1 fully saturated rings. The van der Waals surface area contributed by atoms with Crippen molar-refractivity contribution in [2.75, 3.05) is 40.5 Å². The van der Waals surface area contributed by atoms with Crippen LogP contribution in [0.4, 0.5) is 0 Å². The number of hydrogen-bond donors (Lipinski definition) is 1. The lowest BCUT2D eigenvalue weighted by molar-refractivity contribution is -0.0935. The number of aliphatic hydroxyl groups excluding tert-OH is 1. The van der Waals surface area contributed by atoms with Crippen molar-refractivity contribution in [3.8, 4) is 11.5 Å². The summed E-state index contributed by atoms with van der Waals surface area (Å²) >= 11 is 0. The van der Waals surface area contributed by atoms with Crippen molar-refractivity contribution < 1.29 is 19.3 Å². The van der Waals surface area contributed by atoms with Gasteiger partial charge in [0.05, 0.1) is 39.2 Å². The van der Waals surface area contributed by atoms with Gasteiger partial charge in [-0.1, -0.05) is 6.07 Å². The maximum absolute atomic E-state index is 9.89. The molecule has 7 heteroatoms. The van der Waals surface area contributed by atoms with E-state index in [1.807, 2.05) is 25.1 Å². The Morgan fingerprint density at radius 1 is 1.14 bits per heavy atom. The first kappa shape index (κ1) is 20.6. The van der Waals surface area contributed by atoms with Crippen LogP contribution in [0.5, 0.6) is 11.5 Å². The number of hydrogen-bond acceptors (Lipinski definition) is 6. The normalized spacial score (nSPS) is 20.3. The van der Waals surface area contributed by atoms with Gasteiger partial charge in [-0.05, 0) is 44.0 Å². The first-order valence-electron chi connectivity index (χ1n) is 9.77. The summed E-state index contributed by atoms with van der Waals surface area (Å²) in [7, 11) is 3.26. The van der Waals surface area contributed by atoms with Crippen LogP contribution in [0.15, 0.2) is 24.3 Å². The van der Waals surface area contributed by atoms with Crippen molar-refractivity contribution in [1.29, 1.82) is 0 Å². The highest BCUT2D eigenvalue weighted by Crippen LogP contribution is 2.35. The van der Waals surface area contributed by atoms with Crippen LogP contribution in [0, 0.1) is 13.8 Å². The number of methoxy groups -OCH3 is 2. The highest BCUT2D eigenvalue weighted by Gasteiger charge is 2.33. The molecule has 1 aliphatic heterocycles. The number of morpholine rings is 1. The second-order valence-electron chi connectivity index (χ2n) is 7.19. The predicted molar refractivity (Wildman–Crippen MR) is 107 cm³/mol. The van der Waals surface area contributed by atoms with E-state index >= 15 is 0 Å². The number of rotatable bonds is 8. The fourth-order valence-electron chi connectivity index (χ4n) is 3.98. The Hall–Kier alpha value is -2.09. The fourth-order valence-corrected chi connectivity index (χ4v) is 3.98. The number of nitrogens with zero attached hydrogens (tertiary/aromatic N) is 3. The Balaban J connectivity index is 1.75. The zero-order valence-corrected chi connectivity index (χ0v) is 17.2. The van der Waals surface area contributed by atoms with Gasteiger partial charge in [-0.2, -0.15) is 5.10 Å². The SMILES string of the molecule is COc1ccc([C@H]2[C@H](CO)OCCN2CCCn2nc(C)cc2C)cc1OC. The van der Waals surface area contributed by atoms with Crippen molar-refractivity contribution in [3.05, 3.63) is 41.2 Å². The van der Waals surface area contributed by atoms with Crippen molar-refractivity contribution >= 4 is 0 Å². The minimum absolute atomic E-state index is 0.0209. The summed E-state index contributed by atoms with van der Waals surface area (Å²) in [6.07, 6.45) is 0.713. The molecule has 7 nitrogen and oxygen atoms in total. The van der Waals surface area contributed by atoms with E-state index in [1.165, 1.54) is 5.69 Å². The molecule has 2 heterocycles. The first-order chi connectivity index (χ1) is 13.6. The number of aromatic nitrogens is 2. The maximum atomic E-state index is 9.89. The highest BCUT2D eigenvalue weighted by molar-refractivity contribution is 5.44. The van der Waals surface area contributed by atoms with E-state index in [-0.39, 0.29) is 18.8 Å². The van der Waals surface area contributed by atoms with Gasteiger partial charge >= 0.3 is 0 Å². The Morgan fingerprint density at radius 2 is 1.93 bits per heavy atom. The van der Waals surface area contributed by atoms with Crippen LogP contribution in [-0.4, -0.2) is 66.4 Å². The lowest BCUT2D eigenvalue weighted by Crippen LogP contribution is -2.47. The van der Waals surface area contributed by atoms with Crippen LogP contribution >= 0.6 is 0 Å². The molecule has 0 unspecified atom stereocenters. The van der Waals surface area contributed by atoms with Gasteiger partial charge in [0, 0.05) is 25.3 Å². The molecule has 1 aliphatic rings. The number of benzene rings is 1. The Morgan fingerprint density at radius 3 is 2.57 bits per heavy atom. The highest BCUT2D eigenvalue weighted by atomic mass is 16.5. The van der Waals surface area contributed by atoms with E-state index < -0.39 is 0 Å². The van der Waals surface area contributed by atoms with Gasteiger partial charge in [-0.15, -0.1) is 0 Å². The largest absolute Gasteiger partial charge is 0.493 e. The third kappa shape index (κ3) is 4.48. The average Bonchev–Trinajstić information content (AvgIpc) is 3.04. The van der Waals surface area contributed by atoms with Crippen molar-refractivity contribution in [1.82, 2.24) is 14.7 Å². The summed E-state index contributed by atoms with van der Waals surface area (Å²) in [5, 5.41) is 14.4. The minimum atomic E-state index is -0.263. The van der Waals surface area contributed by atoms with Gasteiger partial charge in [0.2, 0.25) is 0 Å². The predicted octanol–water partition coefficient (Wildman–Crippen LogP) is 2.34. The molecular formula is C21H31N3O4. The van der Waals surface area contributed by atoms with E-state index in [0.717, 1.165) is 37.3 Å². The second-order valence-corrected chi connectivity index (χ2v) is 7.19. The van der Waals surface area contributed by atoms with Gasteiger partial charge in [0.1, 0.15) is 6.10 Å². The number of ether oxygens (including phenoxy) is 3. The number of aryl methyl sites for hydroxylation is 3. The minimum Gasteiger partial charge on any atom is -0.493 e. The molecule has 1 aromatic heterocycles. The molecule has 0 spiro atoms. The van der Waals surface area contributed by atoms with Crippen LogP contribution in [0.3, 0.4) is 0 Å². The molecule has 1 N–H and O–H groups in total. The zero-order valence-electron chi connectivity index (χ0n) is 17.2. The van der Waals surface area contributed by atoms with Crippen LogP contribution in [0.1, 0.15) is 29.4 Å². The number of aliphatic hydroxyl groups is 1. The molecule has 0 amide bonds. The molecule has 0 aliphatic carbocycles. The summed E-state index contributed by atoms with van der Waals surface area (Å²) < 4.78 is 18.7.